The Kier molecular flexibility index (Phi) is 5.85. The van der Waals surface area contributed by atoms with Crippen LogP contribution >= 0.6 is 11.8 Å². The van der Waals surface area contributed by atoms with Gasteiger partial charge in [-0.05, 0) is 42.0 Å². The largest absolute Gasteiger partial charge is 0.325 e. The number of hydrogen-bond donors (Lipinski definition) is 1. The molecule has 150 valence electrons. The van der Waals surface area contributed by atoms with Crippen molar-refractivity contribution in [2.75, 3.05) is 5.32 Å². The van der Waals surface area contributed by atoms with Crippen molar-refractivity contribution in [1.29, 1.82) is 0 Å². The van der Waals surface area contributed by atoms with E-state index in [1.807, 2.05) is 54.1 Å². The molecule has 1 amide bonds. The SMILES string of the molecule is Cn1c(SC(C(=O)Nc2ccc(F)cc2)c2ccccc2)nnc1-c1cccnc1. The predicted molar refractivity (Wildman–Crippen MR) is 114 cm³/mol. The van der Waals surface area contributed by atoms with E-state index in [1.165, 1.54) is 36.0 Å². The van der Waals surface area contributed by atoms with Crippen LogP contribution in [0.3, 0.4) is 0 Å². The lowest BCUT2D eigenvalue weighted by atomic mass is 10.1. The number of hydrogen-bond acceptors (Lipinski definition) is 5. The molecule has 0 aliphatic heterocycles. The fraction of sp³-hybridized carbons (Fsp3) is 0.0909. The Labute approximate surface area is 177 Å². The number of benzene rings is 2. The Bertz CT molecular complexity index is 1130. The lowest BCUT2D eigenvalue weighted by molar-refractivity contribution is -0.115. The Morgan fingerprint density at radius 1 is 1.03 bits per heavy atom. The molecule has 0 fully saturated rings. The number of carbonyl (C=O) groups excluding carboxylic acids is 1. The van der Waals surface area contributed by atoms with Crippen LogP contribution in [0.1, 0.15) is 10.8 Å². The third-order valence-electron chi connectivity index (χ3n) is 4.43. The lowest BCUT2D eigenvalue weighted by Gasteiger charge is -2.16. The summed E-state index contributed by atoms with van der Waals surface area (Å²) in [6.07, 6.45) is 3.41. The molecule has 2 aromatic heterocycles. The zero-order valence-corrected chi connectivity index (χ0v) is 16.9. The molecular formula is C22H18FN5OS. The van der Waals surface area contributed by atoms with Gasteiger partial charge in [-0.3, -0.25) is 9.78 Å². The summed E-state index contributed by atoms with van der Waals surface area (Å²) in [6.45, 7) is 0. The molecular weight excluding hydrogens is 401 g/mol. The number of nitrogens with one attached hydrogen (secondary N) is 1. The summed E-state index contributed by atoms with van der Waals surface area (Å²) in [5.41, 5.74) is 2.19. The second-order valence-electron chi connectivity index (χ2n) is 6.51. The molecule has 0 saturated carbocycles. The van der Waals surface area contributed by atoms with Gasteiger partial charge in [0.2, 0.25) is 5.91 Å². The first-order chi connectivity index (χ1) is 14.6. The third-order valence-corrected chi connectivity index (χ3v) is 5.72. The number of carbonyl (C=O) groups is 1. The average molecular weight is 419 g/mol. The van der Waals surface area contributed by atoms with E-state index in [2.05, 4.69) is 20.5 Å². The van der Waals surface area contributed by atoms with Gasteiger partial charge in [0.15, 0.2) is 11.0 Å². The van der Waals surface area contributed by atoms with Crippen LogP contribution in [0, 0.1) is 5.82 Å². The van der Waals surface area contributed by atoms with Crippen molar-refractivity contribution in [3.05, 3.63) is 90.5 Å². The molecule has 0 radical (unpaired) electrons. The van der Waals surface area contributed by atoms with Gasteiger partial charge in [0.05, 0.1) is 0 Å². The number of anilines is 1. The topological polar surface area (TPSA) is 72.7 Å². The number of amides is 1. The molecule has 8 heteroatoms. The summed E-state index contributed by atoms with van der Waals surface area (Å²) in [4.78, 5) is 17.2. The molecule has 0 bridgehead atoms. The quantitative estimate of drug-likeness (QED) is 0.466. The van der Waals surface area contributed by atoms with E-state index in [0.29, 0.717) is 16.7 Å². The smallest absolute Gasteiger partial charge is 0.242 e. The van der Waals surface area contributed by atoms with Crippen LogP contribution in [0.4, 0.5) is 10.1 Å². The van der Waals surface area contributed by atoms with Gasteiger partial charge in [0, 0.05) is 30.7 Å². The third kappa shape index (κ3) is 4.38. The van der Waals surface area contributed by atoms with Crippen LogP contribution in [0.15, 0.2) is 84.3 Å². The highest BCUT2D eigenvalue weighted by atomic mass is 32.2. The minimum absolute atomic E-state index is 0.233. The van der Waals surface area contributed by atoms with Crippen LogP contribution in [-0.4, -0.2) is 25.7 Å². The van der Waals surface area contributed by atoms with Crippen LogP contribution in [0.25, 0.3) is 11.4 Å². The van der Waals surface area contributed by atoms with Gasteiger partial charge in [0.1, 0.15) is 11.1 Å². The molecule has 4 rings (SSSR count). The number of thioether (sulfide) groups is 1. The van der Waals surface area contributed by atoms with Crippen LogP contribution < -0.4 is 5.32 Å². The van der Waals surface area contributed by atoms with Crippen molar-refractivity contribution in [3.8, 4) is 11.4 Å². The van der Waals surface area contributed by atoms with Crippen molar-refractivity contribution < 1.29 is 9.18 Å². The van der Waals surface area contributed by atoms with E-state index < -0.39 is 5.25 Å². The Morgan fingerprint density at radius 3 is 2.50 bits per heavy atom. The van der Waals surface area contributed by atoms with Crippen molar-refractivity contribution in [2.45, 2.75) is 10.4 Å². The first-order valence-electron chi connectivity index (χ1n) is 9.19. The van der Waals surface area contributed by atoms with Gasteiger partial charge in [-0.1, -0.05) is 42.1 Å². The lowest BCUT2D eigenvalue weighted by Crippen LogP contribution is -2.19. The van der Waals surface area contributed by atoms with Gasteiger partial charge in [-0.25, -0.2) is 4.39 Å². The summed E-state index contributed by atoms with van der Waals surface area (Å²) in [7, 11) is 1.85. The maximum absolute atomic E-state index is 13.2. The van der Waals surface area contributed by atoms with Crippen molar-refractivity contribution in [3.63, 3.8) is 0 Å². The second kappa shape index (κ2) is 8.87. The second-order valence-corrected chi connectivity index (χ2v) is 7.58. The zero-order chi connectivity index (χ0) is 20.9. The maximum Gasteiger partial charge on any atom is 0.242 e. The molecule has 2 aromatic carbocycles. The first kappa shape index (κ1) is 19.8. The minimum atomic E-state index is -0.569. The average Bonchev–Trinajstić information content (AvgIpc) is 3.15. The number of nitrogens with zero attached hydrogens (tertiary/aromatic N) is 4. The monoisotopic (exact) mass is 419 g/mol. The molecule has 0 spiro atoms. The van der Waals surface area contributed by atoms with E-state index in [9.17, 15) is 9.18 Å². The zero-order valence-electron chi connectivity index (χ0n) is 16.1. The highest BCUT2D eigenvalue weighted by Gasteiger charge is 2.25. The Hall–Kier alpha value is -3.52. The summed E-state index contributed by atoms with van der Waals surface area (Å²) in [5.74, 6) is 0.0732. The molecule has 0 aliphatic rings. The van der Waals surface area contributed by atoms with Crippen LogP contribution in [0.2, 0.25) is 0 Å². The molecule has 0 saturated heterocycles. The molecule has 0 aliphatic carbocycles. The van der Waals surface area contributed by atoms with Gasteiger partial charge in [-0.15, -0.1) is 10.2 Å². The minimum Gasteiger partial charge on any atom is -0.325 e. The van der Waals surface area contributed by atoms with E-state index in [1.54, 1.807) is 12.4 Å². The van der Waals surface area contributed by atoms with Crippen LogP contribution in [-0.2, 0) is 11.8 Å². The maximum atomic E-state index is 13.2. The van der Waals surface area contributed by atoms with Gasteiger partial charge >= 0.3 is 0 Å². The molecule has 4 aromatic rings. The summed E-state index contributed by atoms with van der Waals surface area (Å²) in [6, 6.07) is 18.9. The summed E-state index contributed by atoms with van der Waals surface area (Å²) >= 11 is 1.30. The molecule has 6 nitrogen and oxygen atoms in total. The molecule has 1 unspecified atom stereocenters. The first-order valence-corrected chi connectivity index (χ1v) is 10.1. The van der Waals surface area contributed by atoms with Gasteiger partial charge in [-0.2, -0.15) is 0 Å². The number of aromatic nitrogens is 4. The molecule has 1 atom stereocenters. The fourth-order valence-corrected chi connectivity index (χ4v) is 3.91. The Morgan fingerprint density at radius 2 is 1.80 bits per heavy atom. The van der Waals surface area contributed by atoms with E-state index in [4.69, 9.17) is 0 Å². The summed E-state index contributed by atoms with van der Waals surface area (Å²) in [5, 5.41) is 11.4. The predicted octanol–water partition coefficient (Wildman–Crippen LogP) is 4.49. The van der Waals surface area contributed by atoms with E-state index >= 15 is 0 Å². The number of halogens is 1. The van der Waals surface area contributed by atoms with E-state index in [-0.39, 0.29) is 11.7 Å². The molecule has 30 heavy (non-hydrogen) atoms. The van der Waals surface area contributed by atoms with Crippen LogP contribution in [0.5, 0.6) is 0 Å². The summed E-state index contributed by atoms with van der Waals surface area (Å²) < 4.78 is 15.0. The highest BCUT2D eigenvalue weighted by molar-refractivity contribution is 8.00. The van der Waals surface area contributed by atoms with Gasteiger partial charge < -0.3 is 9.88 Å². The normalized spacial score (nSPS) is 11.8. The fourth-order valence-electron chi connectivity index (χ4n) is 2.91. The Balaban J connectivity index is 1.62. The highest BCUT2D eigenvalue weighted by Crippen LogP contribution is 2.36. The van der Waals surface area contributed by atoms with E-state index in [0.717, 1.165) is 11.1 Å². The standard InChI is InChI=1S/C22H18FN5OS/c1-28-20(16-8-5-13-24-14-16)26-27-22(28)30-19(15-6-3-2-4-7-15)21(29)25-18-11-9-17(23)10-12-18/h2-14,19H,1H3,(H,25,29). The number of pyridine rings is 1. The van der Waals surface area contributed by atoms with Crippen molar-refractivity contribution in [1.82, 2.24) is 19.7 Å². The number of rotatable bonds is 6. The molecule has 1 N–H and O–H groups in total. The molecule has 2 heterocycles. The van der Waals surface area contributed by atoms with Crippen molar-refractivity contribution in [2.24, 2.45) is 7.05 Å². The van der Waals surface area contributed by atoms with Crippen molar-refractivity contribution >= 4 is 23.4 Å². The van der Waals surface area contributed by atoms with Gasteiger partial charge in [0.25, 0.3) is 0 Å².